The minimum absolute atomic E-state index is 0.192. The SMILES string of the molecule is CCCC(CNC(C)(C)C)N(C)CCc1ccncc1. The van der Waals surface area contributed by atoms with E-state index in [0.717, 1.165) is 19.5 Å². The third-order valence-corrected chi connectivity index (χ3v) is 3.62. The first-order chi connectivity index (χ1) is 9.42. The van der Waals surface area contributed by atoms with E-state index in [-0.39, 0.29) is 5.54 Å². The number of aromatic nitrogens is 1. The molecule has 1 unspecified atom stereocenters. The first-order valence-corrected chi connectivity index (χ1v) is 7.76. The third-order valence-electron chi connectivity index (χ3n) is 3.62. The van der Waals surface area contributed by atoms with Gasteiger partial charge in [-0.1, -0.05) is 13.3 Å². The molecule has 0 aliphatic carbocycles. The van der Waals surface area contributed by atoms with Crippen LogP contribution >= 0.6 is 0 Å². The van der Waals surface area contributed by atoms with Gasteiger partial charge >= 0.3 is 0 Å². The number of nitrogens with zero attached hydrogens (tertiary/aromatic N) is 2. The van der Waals surface area contributed by atoms with Crippen LogP contribution in [0.25, 0.3) is 0 Å². The summed E-state index contributed by atoms with van der Waals surface area (Å²) in [7, 11) is 2.24. The smallest absolute Gasteiger partial charge is 0.0270 e. The van der Waals surface area contributed by atoms with Crippen molar-refractivity contribution in [3.05, 3.63) is 30.1 Å². The van der Waals surface area contributed by atoms with Crippen molar-refractivity contribution < 1.29 is 0 Å². The molecule has 0 spiro atoms. The Morgan fingerprint density at radius 1 is 1.25 bits per heavy atom. The van der Waals surface area contributed by atoms with Gasteiger partial charge in [0.25, 0.3) is 0 Å². The number of hydrogen-bond acceptors (Lipinski definition) is 3. The van der Waals surface area contributed by atoms with Crippen LogP contribution in [0.3, 0.4) is 0 Å². The Labute approximate surface area is 124 Å². The Morgan fingerprint density at radius 2 is 1.90 bits per heavy atom. The highest BCUT2D eigenvalue weighted by Crippen LogP contribution is 2.08. The van der Waals surface area contributed by atoms with E-state index in [0.29, 0.717) is 6.04 Å². The average molecular weight is 277 g/mol. The summed E-state index contributed by atoms with van der Waals surface area (Å²) < 4.78 is 0. The summed E-state index contributed by atoms with van der Waals surface area (Å²) in [6, 6.07) is 4.83. The summed E-state index contributed by atoms with van der Waals surface area (Å²) in [5, 5.41) is 3.63. The molecule has 1 heterocycles. The lowest BCUT2D eigenvalue weighted by Gasteiger charge is -2.31. The molecule has 0 amide bonds. The molecule has 0 saturated heterocycles. The van der Waals surface area contributed by atoms with Crippen LogP contribution < -0.4 is 5.32 Å². The van der Waals surface area contributed by atoms with Crippen LogP contribution in [0.5, 0.6) is 0 Å². The first-order valence-electron chi connectivity index (χ1n) is 7.76. The zero-order valence-electron chi connectivity index (χ0n) is 13.8. The molecule has 1 rings (SSSR count). The van der Waals surface area contributed by atoms with E-state index in [1.54, 1.807) is 0 Å². The molecular weight excluding hydrogens is 246 g/mol. The highest BCUT2D eigenvalue weighted by atomic mass is 15.2. The topological polar surface area (TPSA) is 28.2 Å². The maximum atomic E-state index is 4.07. The Hall–Kier alpha value is -0.930. The van der Waals surface area contributed by atoms with Crippen molar-refractivity contribution >= 4 is 0 Å². The Morgan fingerprint density at radius 3 is 2.45 bits per heavy atom. The first kappa shape index (κ1) is 17.1. The van der Waals surface area contributed by atoms with Crippen LogP contribution in [0, 0.1) is 0 Å². The van der Waals surface area contributed by atoms with Gasteiger partial charge in [0.2, 0.25) is 0 Å². The Balaban J connectivity index is 2.44. The Kier molecular flexibility index (Phi) is 7.17. The van der Waals surface area contributed by atoms with Gasteiger partial charge in [0.1, 0.15) is 0 Å². The second-order valence-corrected chi connectivity index (χ2v) is 6.66. The maximum Gasteiger partial charge on any atom is 0.0270 e. The maximum absolute atomic E-state index is 4.07. The summed E-state index contributed by atoms with van der Waals surface area (Å²) in [4.78, 5) is 6.56. The number of likely N-dealkylation sites (N-methyl/N-ethyl adjacent to an activating group) is 1. The molecule has 0 aliphatic heterocycles. The average Bonchev–Trinajstić information content (AvgIpc) is 2.41. The van der Waals surface area contributed by atoms with Crippen molar-refractivity contribution in [2.45, 2.75) is 58.5 Å². The molecule has 3 heteroatoms. The molecule has 0 aliphatic rings. The molecule has 1 aromatic rings. The molecular formula is C17H31N3. The Bertz CT molecular complexity index is 356. The fraction of sp³-hybridized carbons (Fsp3) is 0.706. The highest BCUT2D eigenvalue weighted by molar-refractivity contribution is 5.09. The molecule has 20 heavy (non-hydrogen) atoms. The fourth-order valence-corrected chi connectivity index (χ4v) is 2.27. The molecule has 0 saturated carbocycles. The standard InChI is InChI=1S/C17H31N3/c1-6-7-16(14-19-17(2,3)4)20(5)13-10-15-8-11-18-12-9-15/h8-9,11-12,16,19H,6-7,10,13-14H2,1-5H3. The van der Waals surface area contributed by atoms with Gasteiger partial charge in [-0.2, -0.15) is 0 Å². The molecule has 1 aromatic heterocycles. The summed E-state index contributed by atoms with van der Waals surface area (Å²) in [5.74, 6) is 0. The quantitative estimate of drug-likeness (QED) is 0.791. The fourth-order valence-electron chi connectivity index (χ4n) is 2.27. The summed E-state index contributed by atoms with van der Waals surface area (Å²) in [6.45, 7) is 11.1. The van der Waals surface area contributed by atoms with E-state index in [1.807, 2.05) is 12.4 Å². The third kappa shape index (κ3) is 7.01. The number of rotatable bonds is 8. The predicted molar refractivity (Wildman–Crippen MR) is 87.0 cm³/mol. The van der Waals surface area contributed by atoms with Gasteiger partial charge in [0.05, 0.1) is 0 Å². The zero-order chi connectivity index (χ0) is 15.0. The van der Waals surface area contributed by atoms with Crippen LogP contribution in [0.2, 0.25) is 0 Å². The van der Waals surface area contributed by atoms with Gasteiger partial charge in [-0.3, -0.25) is 4.98 Å². The van der Waals surface area contributed by atoms with Gasteiger partial charge in [-0.15, -0.1) is 0 Å². The minimum Gasteiger partial charge on any atom is -0.311 e. The zero-order valence-corrected chi connectivity index (χ0v) is 13.8. The monoisotopic (exact) mass is 277 g/mol. The van der Waals surface area contributed by atoms with Crippen molar-refractivity contribution in [2.75, 3.05) is 20.1 Å². The van der Waals surface area contributed by atoms with E-state index in [2.05, 4.69) is 62.1 Å². The second-order valence-electron chi connectivity index (χ2n) is 6.66. The van der Waals surface area contributed by atoms with E-state index in [9.17, 15) is 0 Å². The van der Waals surface area contributed by atoms with Gasteiger partial charge in [0.15, 0.2) is 0 Å². The lowest BCUT2D eigenvalue weighted by molar-refractivity contribution is 0.212. The van der Waals surface area contributed by atoms with E-state index in [4.69, 9.17) is 0 Å². The van der Waals surface area contributed by atoms with Gasteiger partial charge in [0, 0.05) is 37.1 Å². The lowest BCUT2D eigenvalue weighted by Crippen LogP contribution is -2.46. The molecule has 0 aromatic carbocycles. The van der Waals surface area contributed by atoms with E-state index in [1.165, 1.54) is 18.4 Å². The molecule has 0 fully saturated rings. The van der Waals surface area contributed by atoms with Gasteiger partial charge in [-0.05, 0) is 58.4 Å². The van der Waals surface area contributed by atoms with Crippen molar-refractivity contribution in [3.8, 4) is 0 Å². The van der Waals surface area contributed by atoms with Gasteiger partial charge in [-0.25, -0.2) is 0 Å². The molecule has 3 nitrogen and oxygen atoms in total. The highest BCUT2D eigenvalue weighted by Gasteiger charge is 2.17. The van der Waals surface area contributed by atoms with Crippen molar-refractivity contribution in [3.63, 3.8) is 0 Å². The molecule has 0 bridgehead atoms. The van der Waals surface area contributed by atoms with Crippen LogP contribution in [0.1, 0.15) is 46.1 Å². The van der Waals surface area contributed by atoms with Crippen molar-refractivity contribution in [1.29, 1.82) is 0 Å². The summed E-state index contributed by atoms with van der Waals surface area (Å²) in [5.41, 5.74) is 1.56. The normalized spacial score (nSPS) is 13.7. The number of pyridine rings is 1. The van der Waals surface area contributed by atoms with Crippen LogP contribution in [-0.2, 0) is 6.42 Å². The van der Waals surface area contributed by atoms with Gasteiger partial charge < -0.3 is 10.2 Å². The molecule has 0 radical (unpaired) electrons. The minimum atomic E-state index is 0.192. The lowest BCUT2D eigenvalue weighted by atomic mass is 10.1. The number of nitrogens with one attached hydrogen (secondary N) is 1. The summed E-state index contributed by atoms with van der Waals surface area (Å²) in [6.07, 6.45) is 7.32. The van der Waals surface area contributed by atoms with E-state index >= 15 is 0 Å². The van der Waals surface area contributed by atoms with Crippen LogP contribution in [-0.4, -0.2) is 41.6 Å². The largest absolute Gasteiger partial charge is 0.311 e. The predicted octanol–water partition coefficient (Wildman–Crippen LogP) is 3.11. The van der Waals surface area contributed by atoms with Crippen molar-refractivity contribution in [2.24, 2.45) is 0 Å². The van der Waals surface area contributed by atoms with Crippen LogP contribution in [0.15, 0.2) is 24.5 Å². The molecule has 1 atom stereocenters. The second kappa shape index (κ2) is 8.38. The number of hydrogen-bond donors (Lipinski definition) is 1. The summed E-state index contributed by atoms with van der Waals surface area (Å²) >= 11 is 0. The van der Waals surface area contributed by atoms with Crippen molar-refractivity contribution in [1.82, 2.24) is 15.2 Å². The molecule has 114 valence electrons. The van der Waals surface area contributed by atoms with E-state index < -0.39 is 0 Å². The molecule has 1 N–H and O–H groups in total. The van der Waals surface area contributed by atoms with Crippen LogP contribution in [0.4, 0.5) is 0 Å².